The van der Waals surface area contributed by atoms with Crippen LogP contribution in [-0.2, 0) is 0 Å². The molecule has 80 valence electrons. The second kappa shape index (κ2) is 4.88. The molecule has 1 aromatic carbocycles. The second-order valence-electron chi connectivity index (χ2n) is 2.68. The summed E-state index contributed by atoms with van der Waals surface area (Å²) in [6, 6.07) is 1.72. The fraction of sp³-hybridized carbons (Fsp3) is 0.111. The number of hydrogen-bond acceptors (Lipinski definition) is 3. The lowest BCUT2D eigenvalue weighted by molar-refractivity contribution is -0.385. The average Bonchev–Trinajstić information content (AvgIpc) is 2.16. The lowest BCUT2D eigenvalue weighted by atomic mass is 10.1. The van der Waals surface area contributed by atoms with Crippen LogP contribution in [0.15, 0.2) is 18.2 Å². The summed E-state index contributed by atoms with van der Waals surface area (Å²) in [5.41, 5.74) is -0.440. The molecule has 0 aliphatic rings. The largest absolute Gasteiger partial charge is 0.502 e. The van der Waals surface area contributed by atoms with Crippen molar-refractivity contribution in [3.63, 3.8) is 0 Å². The number of nitro groups is 1. The zero-order valence-electron chi connectivity index (χ0n) is 7.48. The number of aromatic hydroxyl groups is 1. The maximum atomic E-state index is 13.2. The van der Waals surface area contributed by atoms with Gasteiger partial charge < -0.3 is 5.11 Å². The second-order valence-corrected chi connectivity index (χ2v) is 3.32. The molecule has 0 saturated carbocycles. The van der Waals surface area contributed by atoms with Gasteiger partial charge in [0.2, 0.25) is 0 Å². The number of allylic oxidation sites excluding steroid dienone is 1. The third kappa shape index (κ3) is 2.76. The van der Waals surface area contributed by atoms with Gasteiger partial charge >= 0.3 is 5.69 Å². The first-order valence-corrected chi connectivity index (χ1v) is 5.08. The number of halogens is 2. The lowest BCUT2D eigenvalue weighted by Gasteiger charge is -1.99. The number of benzene rings is 1. The number of phenolic OH excluding ortho intramolecular Hbond substituents is 1. The van der Waals surface area contributed by atoms with Crippen LogP contribution in [0.25, 0.3) is 6.08 Å². The molecule has 0 saturated heterocycles. The van der Waals surface area contributed by atoms with Gasteiger partial charge in [0.25, 0.3) is 0 Å². The highest BCUT2D eigenvalue weighted by molar-refractivity contribution is 9.09. The van der Waals surface area contributed by atoms with E-state index in [1.54, 1.807) is 6.08 Å². The van der Waals surface area contributed by atoms with Gasteiger partial charge in [0.15, 0.2) is 5.75 Å². The van der Waals surface area contributed by atoms with Gasteiger partial charge in [0.05, 0.1) is 4.92 Å². The van der Waals surface area contributed by atoms with E-state index >= 15 is 0 Å². The Kier molecular flexibility index (Phi) is 3.79. The molecular formula is C9H7BrFNO3. The van der Waals surface area contributed by atoms with E-state index in [2.05, 4.69) is 15.9 Å². The van der Waals surface area contributed by atoms with E-state index in [9.17, 15) is 14.5 Å². The molecule has 1 aromatic rings. The smallest absolute Gasteiger partial charge is 0.311 e. The Morgan fingerprint density at radius 2 is 2.27 bits per heavy atom. The first kappa shape index (κ1) is 11.6. The van der Waals surface area contributed by atoms with E-state index in [1.807, 2.05) is 0 Å². The molecule has 0 bridgehead atoms. The van der Waals surface area contributed by atoms with E-state index in [1.165, 1.54) is 6.08 Å². The molecule has 0 radical (unpaired) electrons. The Morgan fingerprint density at radius 1 is 1.60 bits per heavy atom. The molecule has 0 aliphatic carbocycles. The van der Waals surface area contributed by atoms with Crippen molar-refractivity contribution in [2.75, 3.05) is 5.33 Å². The number of phenols is 1. The third-order valence-corrected chi connectivity index (χ3v) is 2.05. The molecule has 0 amide bonds. The van der Waals surface area contributed by atoms with Crippen molar-refractivity contribution in [2.45, 2.75) is 0 Å². The van der Waals surface area contributed by atoms with E-state index in [-0.39, 0.29) is 5.56 Å². The van der Waals surface area contributed by atoms with Crippen LogP contribution < -0.4 is 0 Å². The number of alkyl halides is 1. The molecule has 0 unspecified atom stereocenters. The Labute approximate surface area is 93.3 Å². The molecular weight excluding hydrogens is 269 g/mol. The summed E-state index contributed by atoms with van der Waals surface area (Å²) in [5, 5.41) is 20.1. The SMILES string of the molecule is O=[N+]([O-])c1cc(C=CCBr)c(F)cc1O. The van der Waals surface area contributed by atoms with Crippen molar-refractivity contribution in [1.29, 1.82) is 0 Å². The molecule has 1 rings (SSSR count). The topological polar surface area (TPSA) is 63.4 Å². The standard InChI is InChI=1S/C9H7BrFNO3/c10-3-1-2-6-4-8(12(14)15)9(13)5-7(6)11/h1-2,4-5,13H,3H2. The molecule has 0 fully saturated rings. The molecule has 0 heterocycles. The Balaban J connectivity index is 3.23. The van der Waals surface area contributed by atoms with Crippen LogP contribution in [0.3, 0.4) is 0 Å². The highest BCUT2D eigenvalue weighted by Crippen LogP contribution is 2.29. The third-order valence-electron chi connectivity index (χ3n) is 1.68. The minimum Gasteiger partial charge on any atom is -0.502 e. The molecule has 6 heteroatoms. The molecule has 0 spiro atoms. The van der Waals surface area contributed by atoms with Crippen molar-refractivity contribution in [2.24, 2.45) is 0 Å². The minimum atomic E-state index is -0.764. The quantitative estimate of drug-likeness (QED) is 0.524. The number of hydrogen-bond donors (Lipinski definition) is 1. The monoisotopic (exact) mass is 275 g/mol. The van der Waals surface area contributed by atoms with Crippen molar-refractivity contribution in [1.82, 2.24) is 0 Å². The summed E-state index contributed by atoms with van der Waals surface area (Å²) in [7, 11) is 0. The molecule has 15 heavy (non-hydrogen) atoms. The molecule has 0 atom stereocenters. The van der Waals surface area contributed by atoms with E-state index < -0.39 is 22.2 Å². The van der Waals surface area contributed by atoms with Crippen LogP contribution >= 0.6 is 15.9 Å². The first-order valence-electron chi connectivity index (χ1n) is 3.95. The normalized spacial score (nSPS) is 10.8. The number of rotatable bonds is 3. The Hall–Kier alpha value is -1.43. The summed E-state index contributed by atoms with van der Waals surface area (Å²) in [4.78, 5) is 9.69. The van der Waals surface area contributed by atoms with Crippen molar-refractivity contribution >= 4 is 27.7 Å². The van der Waals surface area contributed by atoms with Crippen molar-refractivity contribution < 1.29 is 14.4 Å². The Bertz CT molecular complexity index is 420. The molecule has 4 nitrogen and oxygen atoms in total. The Morgan fingerprint density at radius 3 is 2.80 bits per heavy atom. The first-order chi connectivity index (χ1) is 7.06. The highest BCUT2D eigenvalue weighted by Gasteiger charge is 2.16. The predicted molar refractivity (Wildman–Crippen MR) is 57.5 cm³/mol. The van der Waals surface area contributed by atoms with Crippen LogP contribution in [0.2, 0.25) is 0 Å². The summed E-state index contributed by atoms with van der Waals surface area (Å²) in [5.74, 6) is -1.37. The van der Waals surface area contributed by atoms with Crippen LogP contribution in [0.5, 0.6) is 5.75 Å². The van der Waals surface area contributed by atoms with Crippen LogP contribution in [0.1, 0.15) is 5.56 Å². The van der Waals surface area contributed by atoms with Crippen LogP contribution in [0, 0.1) is 15.9 Å². The number of nitro benzene ring substituents is 1. The average molecular weight is 276 g/mol. The fourth-order valence-corrected chi connectivity index (χ4v) is 1.20. The van der Waals surface area contributed by atoms with Gasteiger partial charge in [-0.2, -0.15) is 0 Å². The summed E-state index contributed by atoms with van der Waals surface area (Å²) >= 11 is 3.10. The van der Waals surface area contributed by atoms with Gasteiger partial charge in [-0.25, -0.2) is 4.39 Å². The van der Waals surface area contributed by atoms with Gasteiger partial charge in [-0.15, -0.1) is 0 Å². The van der Waals surface area contributed by atoms with Crippen LogP contribution in [-0.4, -0.2) is 15.4 Å². The summed E-state index contributed by atoms with van der Waals surface area (Å²) in [6.45, 7) is 0. The van der Waals surface area contributed by atoms with Gasteiger partial charge in [0, 0.05) is 23.0 Å². The van der Waals surface area contributed by atoms with E-state index in [0.29, 0.717) is 5.33 Å². The predicted octanol–water partition coefficient (Wildman–Crippen LogP) is 2.85. The van der Waals surface area contributed by atoms with Gasteiger partial charge in [0.1, 0.15) is 5.82 Å². The summed E-state index contributed by atoms with van der Waals surface area (Å²) in [6.07, 6.45) is 3.00. The van der Waals surface area contributed by atoms with E-state index in [0.717, 1.165) is 12.1 Å². The highest BCUT2D eigenvalue weighted by atomic mass is 79.9. The number of nitrogens with zero attached hydrogens (tertiary/aromatic N) is 1. The molecule has 0 aliphatic heterocycles. The van der Waals surface area contributed by atoms with Gasteiger partial charge in [-0.1, -0.05) is 28.1 Å². The zero-order valence-corrected chi connectivity index (χ0v) is 9.07. The zero-order chi connectivity index (χ0) is 11.4. The lowest BCUT2D eigenvalue weighted by Crippen LogP contribution is -1.92. The summed E-state index contributed by atoms with van der Waals surface area (Å²) < 4.78 is 13.2. The van der Waals surface area contributed by atoms with Gasteiger partial charge in [-0.05, 0) is 0 Å². The van der Waals surface area contributed by atoms with Crippen LogP contribution in [0.4, 0.5) is 10.1 Å². The molecule has 0 aromatic heterocycles. The van der Waals surface area contributed by atoms with E-state index in [4.69, 9.17) is 5.11 Å². The molecule has 1 N–H and O–H groups in total. The minimum absolute atomic E-state index is 0.0685. The maximum Gasteiger partial charge on any atom is 0.311 e. The fourth-order valence-electron chi connectivity index (χ4n) is 1.01. The van der Waals surface area contributed by atoms with Crippen molar-refractivity contribution in [3.8, 4) is 5.75 Å². The maximum absolute atomic E-state index is 13.2. The van der Waals surface area contributed by atoms with Gasteiger partial charge in [-0.3, -0.25) is 10.1 Å². The van der Waals surface area contributed by atoms with Crippen molar-refractivity contribution in [3.05, 3.63) is 39.7 Å².